The van der Waals surface area contributed by atoms with Crippen molar-refractivity contribution in [2.75, 3.05) is 7.11 Å². The zero-order valence-electron chi connectivity index (χ0n) is 8.78. The maximum atomic E-state index is 11.6. The summed E-state index contributed by atoms with van der Waals surface area (Å²) in [6.45, 7) is 0. The fourth-order valence-electron chi connectivity index (χ4n) is 1.09. The van der Waals surface area contributed by atoms with Gasteiger partial charge in [-0.2, -0.15) is 0 Å². The van der Waals surface area contributed by atoms with Gasteiger partial charge in [-0.05, 0) is 18.3 Å². The third-order valence-corrected chi connectivity index (χ3v) is 2.12. The summed E-state index contributed by atoms with van der Waals surface area (Å²) in [6.07, 6.45) is 0. The Morgan fingerprint density at radius 2 is 2.18 bits per heavy atom. The Morgan fingerprint density at radius 1 is 1.53 bits per heavy atom. The number of hydrogen-bond donors (Lipinski definition) is 4. The van der Waals surface area contributed by atoms with Crippen LogP contribution in [0, 0.1) is 0 Å². The van der Waals surface area contributed by atoms with Crippen molar-refractivity contribution in [1.29, 1.82) is 0 Å². The molecule has 1 rings (SSSR count). The normalized spacial score (nSPS) is 9.53. The van der Waals surface area contributed by atoms with Gasteiger partial charge in [0.05, 0.1) is 12.7 Å². The van der Waals surface area contributed by atoms with E-state index in [-0.39, 0.29) is 27.2 Å². The number of phenolic OH excluding ortho intramolecular Hbond substituents is 1. The van der Waals surface area contributed by atoms with Gasteiger partial charge in [0.2, 0.25) is 0 Å². The van der Waals surface area contributed by atoms with Crippen LogP contribution >= 0.6 is 23.8 Å². The van der Waals surface area contributed by atoms with Crippen molar-refractivity contribution in [3.8, 4) is 11.5 Å². The first-order valence-corrected chi connectivity index (χ1v) is 5.16. The summed E-state index contributed by atoms with van der Waals surface area (Å²) in [5.41, 5.74) is 9.51. The Morgan fingerprint density at radius 3 is 2.71 bits per heavy atom. The number of phenols is 1. The van der Waals surface area contributed by atoms with Crippen molar-refractivity contribution in [2.24, 2.45) is 5.73 Å². The molecular formula is C9H10ClN3O3S. The second kappa shape index (κ2) is 5.55. The van der Waals surface area contributed by atoms with Gasteiger partial charge in [-0.15, -0.1) is 0 Å². The van der Waals surface area contributed by atoms with Crippen LogP contribution in [-0.2, 0) is 0 Å². The average molecular weight is 276 g/mol. The summed E-state index contributed by atoms with van der Waals surface area (Å²) in [4.78, 5) is 11.6. The van der Waals surface area contributed by atoms with Crippen LogP contribution < -0.4 is 21.3 Å². The lowest BCUT2D eigenvalue weighted by atomic mass is 10.2. The Labute approximate surface area is 108 Å². The third kappa shape index (κ3) is 3.36. The van der Waals surface area contributed by atoms with E-state index in [0.29, 0.717) is 0 Å². The van der Waals surface area contributed by atoms with Crippen molar-refractivity contribution in [2.45, 2.75) is 0 Å². The highest BCUT2D eigenvalue weighted by Crippen LogP contribution is 2.33. The maximum absolute atomic E-state index is 11.6. The highest BCUT2D eigenvalue weighted by atomic mass is 35.5. The molecule has 6 nitrogen and oxygen atoms in total. The molecule has 92 valence electrons. The third-order valence-electron chi connectivity index (χ3n) is 1.80. The van der Waals surface area contributed by atoms with Crippen LogP contribution in [0.2, 0.25) is 5.02 Å². The van der Waals surface area contributed by atoms with E-state index in [9.17, 15) is 9.90 Å². The number of nitrogens with one attached hydrogen (secondary N) is 2. The number of methoxy groups -OCH3 is 1. The quantitative estimate of drug-likeness (QED) is 0.464. The molecule has 17 heavy (non-hydrogen) atoms. The summed E-state index contributed by atoms with van der Waals surface area (Å²) < 4.78 is 4.86. The second-order valence-electron chi connectivity index (χ2n) is 2.95. The number of aromatic hydroxyl groups is 1. The van der Waals surface area contributed by atoms with Crippen LogP contribution in [0.5, 0.6) is 11.5 Å². The molecule has 1 aromatic rings. The van der Waals surface area contributed by atoms with E-state index in [1.165, 1.54) is 19.2 Å². The molecule has 0 aliphatic rings. The van der Waals surface area contributed by atoms with Gasteiger partial charge in [-0.1, -0.05) is 11.6 Å². The van der Waals surface area contributed by atoms with E-state index in [2.05, 4.69) is 23.1 Å². The van der Waals surface area contributed by atoms with Gasteiger partial charge in [-0.25, -0.2) is 0 Å². The largest absolute Gasteiger partial charge is 0.504 e. The first kappa shape index (κ1) is 13.3. The first-order valence-electron chi connectivity index (χ1n) is 4.38. The summed E-state index contributed by atoms with van der Waals surface area (Å²) in [5.74, 6) is -0.867. The fourth-order valence-corrected chi connectivity index (χ4v) is 1.35. The number of carbonyl (C=O) groups is 1. The number of benzene rings is 1. The summed E-state index contributed by atoms with van der Waals surface area (Å²) >= 11 is 10.3. The van der Waals surface area contributed by atoms with Crippen LogP contribution in [0.4, 0.5) is 0 Å². The van der Waals surface area contributed by atoms with Crippen molar-refractivity contribution in [1.82, 2.24) is 10.9 Å². The fraction of sp³-hybridized carbons (Fsp3) is 0.111. The minimum Gasteiger partial charge on any atom is -0.504 e. The van der Waals surface area contributed by atoms with Crippen LogP contribution in [0.25, 0.3) is 0 Å². The molecule has 0 aliphatic heterocycles. The number of ether oxygens (including phenoxy) is 1. The Kier molecular flexibility index (Phi) is 4.36. The molecule has 0 aliphatic carbocycles. The van der Waals surface area contributed by atoms with Crippen molar-refractivity contribution in [3.05, 3.63) is 22.7 Å². The summed E-state index contributed by atoms with van der Waals surface area (Å²) in [5, 5.41) is 9.86. The topological polar surface area (TPSA) is 96.6 Å². The van der Waals surface area contributed by atoms with E-state index < -0.39 is 5.91 Å². The standard InChI is InChI=1S/C9H10ClN3O3S/c1-16-6-3-4(10)2-5(7(6)14)8(15)12-13-9(11)17/h2-3,14H,1H3,(H,12,15)(H3,11,13,17). The molecule has 8 heteroatoms. The Bertz CT molecular complexity index is 467. The molecular weight excluding hydrogens is 266 g/mol. The summed E-state index contributed by atoms with van der Waals surface area (Å²) in [7, 11) is 1.35. The minimum atomic E-state index is -0.642. The lowest BCUT2D eigenvalue weighted by Crippen LogP contribution is -2.44. The second-order valence-corrected chi connectivity index (χ2v) is 3.82. The monoisotopic (exact) mass is 275 g/mol. The number of hydrazine groups is 1. The van der Waals surface area contributed by atoms with E-state index >= 15 is 0 Å². The van der Waals surface area contributed by atoms with Gasteiger partial charge in [-0.3, -0.25) is 15.6 Å². The number of hydrogen-bond acceptors (Lipinski definition) is 4. The number of thiocarbonyl (C=S) groups is 1. The zero-order chi connectivity index (χ0) is 13.0. The van der Waals surface area contributed by atoms with Gasteiger partial charge in [0.1, 0.15) is 0 Å². The first-order chi connectivity index (χ1) is 7.95. The van der Waals surface area contributed by atoms with Crippen LogP contribution in [-0.4, -0.2) is 23.2 Å². The van der Waals surface area contributed by atoms with E-state index in [1.807, 2.05) is 0 Å². The van der Waals surface area contributed by atoms with Gasteiger partial charge in [0, 0.05) is 11.1 Å². The lowest BCUT2D eigenvalue weighted by Gasteiger charge is -2.10. The molecule has 0 saturated carbocycles. The van der Waals surface area contributed by atoms with Gasteiger partial charge >= 0.3 is 0 Å². The number of nitrogens with two attached hydrogens (primary N) is 1. The van der Waals surface area contributed by atoms with Crippen molar-refractivity contribution >= 4 is 34.8 Å². The molecule has 0 unspecified atom stereocenters. The molecule has 5 N–H and O–H groups in total. The SMILES string of the molecule is COc1cc(Cl)cc(C(=O)NNC(N)=S)c1O. The predicted octanol–water partition coefficient (Wildman–Crippen LogP) is 0.532. The molecule has 0 saturated heterocycles. The molecule has 1 aromatic carbocycles. The van der Waals surface area contributed by atoms with Crippen molar-refractivity contribution in [3.63, 3.8) is 0 Å². The number of halogens is 1. The predicted molar refractivity (Wildman–Crippen MR) is 67.1 cm³/mol. The highest BCUT2D eigenvalue weighted by Gasteiger charge is 2.16. The van der Waals surface area contributed by atoms with Gasteiger partial charge in [0.15, 0.2) is 16.6 Å². The smallest absolute Gasteiger partial charge is 0.273 e. The van der Waals surface area contributed by atoms with E-state index in [4.69, 9.17) is 22.1 Å². The Hall–Kier alpha value is -1.73. The summed E-state index contributed by atoms with van der Waals surface area (Å²) in [6, 6.07) is 2.67. The molecule has 0 bridgehead atoms. The van der Waals surface area contributed by atoms with E-state index in [0.717, 1.165) is 0 Å². The molecule has 0 fully saturated rings. The Balaban J connectivity index is 3.00. The van der Waals surface area contributed by atoms with Crippen LogP contribution in [0.1, 0.15) is 10.4 Å². The van der Waals surface area contributed by atoms with Crippen LogP contribution in [0.3, 0.4) is 0 Å². The van der Waals surface area contributed by atoms with Crippen molar-refractivity contribution < 1.29 is 14.6 Å². The molecule has 0 radical (unpaired) electrons. The average Bonchev–Trinajstić information content (AvgIpc) is 2.28. The number of carbonyl (C=O) groups excluding carboxylic acids is 1. The number of amides is 1. The van der Waals surface area contributed by atoms with Gasteiger partial charge in [0.25, 0.3) is 5.91 Å². The van der Waals surface area contributed by atoms with E-state index in [1.54, 1.807) is 0 Å². The zero-order valence-corrected chi connectivity index (χ0v) is 10.4. The molecule has 0 atom stereocenters. The maximum Gasteiger partial charge on any atom is 0.273 e. The number of rotatable bonds is 2. The lowest BCUT2D eigenvalue weighted by molar-refractivity contribution is 0.0940. The molecule has 1 amide bonds. The molecule has 0 aromatic heterocycles. The molecule has 0 spiro atoms. The van der Waals surface area contributed by atoms with Crippen LogP contribution in [0.15, 0.2) is 12.1 Å². The highest BCUT2D eigenvalue weighted by molar-refractivity contribution is 7.80. The minimum absolute atomic E-state index is 0.0573. The molecule has 0 heterocycles. The van der Waals surface area contributed by atoms with Gasteiger partial charge < -0.3 is 15.6 Å².